The number of hydrogen-bond acceptors (Lipinski definition) is 4. The van der Waals surface area contributed by atoms with Gasteiger partial charge in [0.25, 0.3) is 5.91 Å². The maximum atomic E-state index is 13.5. The number of Topliss-reactive ketones (excluding diaryl/α,β-unsaturated/α-hetero) is 1. The highest BCUT2D eigenvalue weighted by Gasteiger charge is 2.52. The molecule has 0 radical (unpaired) electrons. The molecule has 34 heavy (non-hydrogen) atoms. The van der Waals surface area contributed by atoms with E-state index in [2.05, 4.69) is 22.0 Å². The second-order valence-electron chi connectivity index (χ2n) is 9.64. The molecule has 3 atom stereocenters. The maximum Gasteiger partial charge on any atom is 0.252 e. The lowest BCUT2D eigenvalue weighted by Crippen LogP contribution is -2.52. The highest BCUT2D eigenvalue weighted by Crippen LogP contribution is 2.52. The molecule has 3 aromatic carbocycles. The monoisotopic (exact) mass is 451 g/mol. The Bertz CT molecular complexity index is 1780. The molecule has 1 fully saturated rings. The predicted molar refractivity (Wildman–Crippen MR) is 128 cm³/mol. The average molecular weight is 451 g/mol. The molecule has 7 heteroatoms. The number of ketones is 1. The van der Waals surface area contributed by atoms with Crippen LogP contribution in [0.25, 0.3) is 43.6 Å². The Labute approximate surface area is 193 Å². The van der Waals surface area contributed by atoms with E-state index in [0.29, 0.717) is 12.1 Å². The number of ether oxygens (including phenoxy) is 2. The Morgan fingerprint density at radius 3 is 2.47 bits per heavy atom. The molecule has 3 aliphatic rings. The number of rotatable bonds is 1. The van der Waals surface area contributed by atoms with E-state index in [9.17, 15) is 9.59 Å². The van der Waals surface area contributed by atoms with Gasteiger partial charge in [0.15, 0.2) is 17.7 Å². The van der Waals surface area contributed by atoms with E-state index in [1.807, 2.05) is 47.9 Å². The highest BCUT2D eigenvalue weighted by atomic mass is 16.6. The molecule has 1 amide bonds. The van der Waals surface area contributed by atoms with Crippen LogP contribution in [-0.2, 0) is 26.5 Å². The molecule has 1 N–H and O–H groups in total. The van der Waals surface area contributed by atoms with Crippen LogP contribution in [0, 0.1) is 0 Å². The smallest absolute Gasteiger partial charge is 0.252 e. The lowest BCUT2D eigenvalue weighted by molar-refractivity contribution is -0.236. The van der Waals surface area contributed by atoms with Crippen molar-refractivity contribution in [2.45, 2.75) is 37.9 Å². The third-order valence-corrected chi connectivity index (χ3v) is 8.09. The zero-order valence-electron chi connectivity index (χ0n) is 18.7. The number of benzene rings is 3. The summed E-state index contributed by atoms with van der Waals surface area (Å²) in [5.74, 6) is -0.0998. The number of amides is 1. The van der Waals surface area contributed by atoms with Gasteiger partial charge in [0.2, 0.25) is 0 Å². The maximum absolute atomic E-state index is 13.5. The summed E-state index contributed by atoms with van der Waals surface area (Å²) in [6, 6.07) is 16.2. The van der Waals surface area contributed by atoms with Crippen LogP contribution < -0.4 is 5.32 Å². The van der Waals surface area contributed by atoms with Crippen LogP contribution in [0.2, 0.25) is 0 Å². The van der Waals surface area contributed by atoms with E-state index in [0.717, 1.165) is 49.2 Å². The fraction of sp³-hybridized carbons (Fsp3) is 0.259. The minimum atomic E-state index is -0.911. The Morgan fingerprint density at radius 2 is 1.71 bits per heavy atom. The van der Waals surface area contributed by atoms with Crippen LogP contribution in [-0.4, -0.2) is 34.0 Å². The van der Waals surface area contributed by atoms with Crippen molar-refractivity contribution < 1.29 is 19.1 Å². The fourth-order valence-electron chi connectivity index (χ4n) is 6.72. The summed E-state index contributed by atoms with van der Waals surface area (Å²) in [5.41, 5.74) is 4.56. The number of methoxy groups -OCH3 is 1. The predicted octanol–water partition coefficient (Wildman–Crippen LogP) is 4.34. The fourth-order valence-corrected chi connectivity index (χ4v) is 6.72. The summed E-state index contributed by atoms with van der Waals surface area (Å²) in [6.07, 6.45) is -1.01. The van der Waals surface area contributed by atoms with Crippen molar-refractivity contribution in [1.29, 1.82) is 0 Å². The summed E-state index contributed by atoms with van der Waals surface area (Å²) in [7, 11) is 1.64. The molecule has 1 saturated heterocycles. The minimum Gasteiger partial charge on any atom is -0.376 e. The quantitative estimate of drug-likeness (QED) is 0.412. The zero-order valence-corrected chi connectivity index (χ0v) is 18.7. The third kappa shape index (κ3) is 1.87. The number of aromatic nitrogens is 2. The van der Waals surface area contributed by atoms with Crippen LogP contribution in [0.4, 0.5) is 0 Å². The number of carbonyl (C=O) groups excluding carboxylic acids is 2. The van der Waals surface area contributed by atoms with Gasteiger partial charge in [-0.3, -0.25) is 9.59 Å². The normalized spacial score (nSPS) is 25.6. The highest BCUT2D eigenvalue weighted by molar-refractivity contribution is 6.31. The second kappa shape index (κ2) is 5.87. The number of nitrogens with zero attached hydrogens (tertiary/aromatic N) is 2. The molecule has 0 saturated carbocycles. The molecule has 0 aliphatic carbocycles. The molecule has 2 bridgehead atoms. The summed E-state index contributed by atoms with van der Waals surface area (Å²) in [4.78, 5) is 26.7. The second-order valence-corrected chi connectivity index (χ2v) is 9.64. The van der Waals surface area contributed by atoms with Gasteiger partial charge in [0, 0.05) is 41.6 Å². The lowest BCUT2D eigenvalue weighted by atomic mass is 9.96. The van der Waals surface area contributed by atoms with E-state index in [1.165, 1.54) is 0 Å². The number of carbonyl (C=O) groups is 2. The van der Waals surface area contributed by atoms with Crippen LogP contribution in [0.15, 0.2) is 48.5 Å². The first-order chi connectivity index (χ1) is 16.5. The molecule has 3 aliphatic heterocycles. The van der Waals surface area contributed by atoms with Gasteiger partial charge >= 0.3 is 0 Å². The Balaban J connectivity index is 1.76. The summed E-state index contributed by atoms with van der Waals surface area (Å²) in [6.45, 7) is 2.49. The SMILES string of the molecule is CO[C@@H]1CC(=O)[C@H]2O[C@]1(C)n1c3ccccc3c3c4c(c5c6ccccc6n2c5c31)C(=O)NC4. The van der Waals surface area contributed by atoms with Gasteiger partial charge in [-0.05, 0) is 24.6 Å². The van der Waals surface area contributed by atoms with Gasteiger partial charge < -0.3 is 23.9 Å². The van der Waals surface area contributed by atoms with Crippen LogP contribution >= 0.6 is 0 Å². The molecule has 0 unspecified atom stereocenters. The Hall–Kier alpha value is -3.68. The van der Waals surface area contributed by atoms with Crippen molar-refractivity contribution in [3.63, 3.8) is 0 Å². The van der Waals surface area contributed by atoms with Crippen molar-refractivity contribution in [1.82, 2.24) is 14.5 Å². The summed E-state index contributed by atoms with van der Waals surface area (Å²) < 4.78 is 16.9. The van der Waals surface area contributed by atoms with Crippen LogP contribution in [0.3, 0.4) is 0 Å². The average Bonchev–Trinajstić information content (AvgIpc) is 3.48. The third-order valence-electron chi connectivity index (χ3n) is 8.09. The van der Waals surface area contributed by atoms with Gasteiger partial charge in [-0.25, -0.2) is 0 Å². The molecular formula is C27H21N3O4. The first-order valence-corrected chi connectivity index (χ1v) is 11.6. The Kier molecular flexibility index (Phi) is 3.23. The Morgan fingerprint density at radius 1 is 1.00 bits per heavy atom. The first-order valence-electron chi connectivity index (χ1n) is 11.6. The van der Waals surface area contributed by atoms with E-state index >= 15 is 0 Å². The molecule has 5 heterocycles. The largest absolute Gasteiger partial charge is 0.376 e. The van der Waals surface area contributed by atoms with E-state index in [-0.39, 0.29) is 18.1 Å². The van der Waals surface area contributed by atoms with Gasteiger partial charge in [0.1, 0.15) is 6.10 Å². The molecule has 168 valence electrons. The molecule has 2 aromatic heterocycles. The summed E-state index contributed by atoms with van der Waals surface area (Å²) >= 11 is 0. The standard InChI is InChI=1S/C27H21N3O4/c1-27-19(33-2)11-18(31)26(34-27)29-16-9-5-3-7-13(16)21-22-15(12-28-25(22)32)20-14-8-4-6-10-17(14)30(27)24(20)23(21)29/h3-10,19,26H,11-12H2,1-2H3,(H,28,32)/t19-,26-,27+/m1/s1. The lowest BCUT2D eigenvalue weighted by Gasteiger charge is -2.43. The van der Waals surface area contributed by atoms with Crippen molar-refractivity contribution in [3.05, 3.63) is 59.7 Å². The van der Waals surface area contributed by atoms with Gasteiger partial charge in [-0.2, -0.15) is 0 Å². The molecular weight excluding hydrogens is 430 g/mol. The van der Waals surface area contributed by atoms with Crippen molar-refractivity contribution in [3.8, 4) is 0 Å². The molecule has 0 spiro atoms. The van der Waals surface area contributed by atoms with Crippen molar-refractivity contribution in [2.75, 3.05) is 7.11 Å². The van der Waals surface area contributed by atoms with E-state index in [1.54, 1.807) is 7.11 Å². The van der Waals surface area contributed by atoms with Gasteiger partial charge in [-0.15, -0.1) is 0 Å². The number of hydrogen-bond donors (Lipinski definition) is 1. The number of para-hydroxylation sites is 2. The number of fused-ring (bicyclic) bond motifs is 13. The molecule has 8 rings (SSSR count). The van der Waals surface area contributed by atoms with Crippen LogP contribution in [0.5, 0.6) is 0 Å². The molecule has 7 nitrogen and oxygen atoms in total. The number of nitrogens with one attached hydrogen (secondary N) is 1. The van der Waals surface area contributed by atoms with Crippen molar-refractivity contribution in [2.24, 2.45) is 0 Å². The topological polar surface area (TPSA) is 74.5 Å². The van der Waals surface area contributed by atoms with Gasteiger partial charge in [-0.1, -0.05) is 36.4 Å². The van der Waals surface area contributed by atoms with E-state index < -0.39 is 18.1 Å². The van der Waals surface area contributed by atoms with Gasteiger partial charge in [0.05, 0.1) is 27.6 Å². The first kappa shape index (κ1) is 18.7. The van der Waals surface area contributed by atoms with E-state index in [4.69, 9.17) is 9.47 Å². The van der Waals surface area contributed by atoms with Crippen LogP contribution in [0.1, 0.15) is 35.5 Å². The zero-order chi connectivity index (χ0) is 22.9. The van der Waals surface area contributed by atoms with Crippen molar-refractivity contribution >= 4 is 55.3 Å². The minimum absolute atomic E-state index is 0.0277. The molecule has 5 aromatic rings. The summed E-state index contributed by atoms with van der Waals surface area (Å²) in [5, 5.41) is 7.02.